The molecule has 35 heavy (non-hydrogen) atoms. The van der Waals surface area contributed by atoms with E-state index in [0.717, 1.165) is 51.4 Å². The van der Waals surface area contributed by atoms with E-state index >= 15 is 0 Å². The zero-order chi connectivity index (χ0) is 25.6. The Morgan fingerprint density at radius 3 is 2.09 bits per heavy atom. The minimum atomic E-state index is -0.886. The van der Waals surface area contributed by atoms with Crippen LogP contribution in [0, 0.1) is 44.8 Å². The van der Waals surface area contributed by atoms with Crippen molar-refractivity contribution >= 4 is 0 Å². The molecule has 0 bridgehead atoms. The molecule has 1 saturated heterocycles. The average molecular weight is 491 g/mol. The Hall–Kier alpha value is -0.200. The normalized spacial score (nSPS) is 60.9. The number of fused-ring (bicyclic) bond motifs is 2. The number of hydrogen-bond acceptors (Lipinski definition) is 5. The highest BCUT2D eigenvalue weighted by Gasteiger charge is 2.84. The van der Waals surface area contributed by atoms with Crippen LogP contribution in [0.2, 0.25) is 0 Å². The summed E-state index contributed by atoms with van der Waals surface area (Å²) in [4.78, 5) is 0. The molecule has 4 N–H and O–H groups in total. The van der Waals surface area contributed by atoms with Crippen LogP contribution in [0.4, 0.5) is 0 Å². The molecule has 6 fully saturated rings. The summed E-state index contributed by atoms with van der Waals surface area (Å²) in [6.45, 7) is 15.0. The minimum Gasteiger partial charge on any atom is -0.393 e. The van der Waals surface area contributed by atoms with Gasteiger partial charge in [-0.15, -0.1) is 0 Å². The molecule has 0 aromatic rings. The van der Waals surface area contributed by atoms with E-state index in [1.165, 1.54) is 6.42 Å². The highest BCUT2D eigenvalue weighted by atomic mass is 16.5. The second-order valence-corrected chi connectivity index (χ2v) is 15.9. The van der Waals surface area contributed by atoms with Gasteiger partial charge in [-0.25, -0.2) is 0 Å². The molecular weight excluding hydrogens is 440 g/mol. The zero-order valence-electron chi connectivity index (χ0n) is 23.1. The second-order valence-electron chi connectivity index (χ2n) is 15.9. The van der Waals surface area contributed by atoms with E-state index in [1.807, 2.05) is 13.8 Å². The first-order valence-corrected chi connectivity index (χ1v) is 14.4. The lowest BCUT2D eigenvalue weighted by Crippen LogP contribution is -2.62. The molecule has 0 amide bonds. The van der Waals surface area contributed by atoms with Crippen molar-refractivity contribution in [2.75, 3.05) is 0 Å². The van der Waals surface area contributed by atoms with Crippen molar-refractivity contribution in [3.63, 3.8) is 0 Å². The summed E-state index contributed by atoms with van der Waals surface area (Å²) in [6.07, 6.45) is 7.18. The quantitative estimate of drug-likeness (QED) is 0.460. The predicted molar refractivity (Wildman–Crippen MR) is 134 cm³/mol. The highest BCUT2D eigenvalue weighted by Crippen LogP contribution is 2.89. The lowest BCUT2D eigenvalue weighted by atomic mass is 9.41. The maximum Gasteiger partial charge on any atom is 0.0865 e. The van der Waals surface area contributed by atoms with Gasteiger partial charge in [0.15, 0.2) is 0 Å². The van der Waals surface area contributed by atoms with Gasteiger partial charge in [0.1, 0.15) is 0 Å². The van der Waals surface area contributed by atoms with Gasteiger partial charge in [0, 0.05) is 5.92 Å². The fourth-order valence-corrected chi connectivity index (χ4v) is 12.1. The Morgan fingerprint density at radius 1 is 0.771 bits per heavy atom. The Bertz CT molecular complexity index is 911. The standard InChI is InChI=1S/C30H50O5/c1-24(2)20(33)8-11-30-16-29(30)13-12-26(5)23(28(7)10-9-21(35-28)25(3,4)34)18(32)15-27(26,6)19(29)14-17(31)22(24)30/h17-23,31-34H,8-16H2,1-7H3/t17-,18-,19-,20-,21-,22-,23-,26+,27-,28+,29-,30?/m0/s1. The van der Waals surface area contributed by atoms with Crippen molar-refractivity contribution < 1.29 is 25.2 Å². The van der Waals surface area contributed by atoms with Gasteiger partial charge in [-0.2, -0.15) is 0 Å². The van der Waals surface area contributed by atoms with Crippen molar-refractivity contribution in [3.8, 4) is 0 Å². The fourth-order valence-electron chi connectivity index (χ4n) is 12.1. The summed E-state index contributed by atoms with van der Waals surface area (Å²) in [5.74, 6) is 0.577. The van der Waals surface area contributed by atoms with E-state index in [0.29, 0.717) is 5.92 Å². The van der Waals surface area contributed by atoms with E-state index in [9.17, 15) is 20.4 Å². The average Bonchev–Trinajstić information content (AvgIpc) is 3.08. The maximum atomic E-state index is 11.7. The van der Waals surface area contributed by atoms with Gasteiger partial charge in [0.2, 0.25) is 0 Å². The summed E-state index contributed by atoms with van der Waals surface area (Å²) in [7, 11) is 0. The predicted octanol–water partition coefficient (Wildman–Crippen LogP) is 4.44. The van der Waals surface area contributed by atoms with E-state index in [2.05, 4.69) is 34.6 Å². The first-order valence-electron chi connectivity index (χ1n) is 14.4. The van der Waals surface area contributed by atoms with Crippen LogP contribution in [-0.2, 0) is 4.74 Å². The van der Waals surface area contributed by atoms with Crippen LogP contribution >= 0.6 is 0 Å². The number of aliphatic hydroxyl groups is 4. The molecule has 5 aliphatic carbocycles. The summed E-state index contributed by atoms with van der Waals surface area (Å²) in [5.41, 5.74) is -1.35. The number of ether oxygens (including phenoxy) is 1. The summed E-state index contributed by atoms with van der Waals surface area (Å²) >= 11 is 0. The Labute approximate surface area is 212 Å². The molecule has 1 unspecified atom stereocenters. The van der Waals surface area contributed by atoms with Crippen molar-refractivity contribution in [2.45, 2.75) is 142 Å². The Kier molecular flexibility index (Phi) is 4.92. The third-order valence-corrected chi connectivity index (χ3v) is 13.8. The fraction of sp³-hybridized carbons (Fsp3) is 1.00. The molecular formula is C30H50O5. The highest BCUT2D eigenvalue weighted by molar-refractivity contribution is 5.33. The lowest BCUT2D eigenvalue weighted by molar-refractivity contribution is -0.213. The third-order valence-electron chi connectivity index (χ3n) is 13.8. The first kappa shape index (κ1) is 25.1. The SMILES string of the molecule is CC(C)(O)[C@@H]1CC[C@](C)([C@H]2[C@@H](O)C[C@@]3(C)[C@@H]4C[C@H](O)[C@H]5C(C)(C)[C@@H](O)CCC56C[C@@]46CC[C@]23C)O1. The van der Waals surface area contributed by atoms with E-state index in [1.54, 1.807) is 0 Å². The summed E-state index contributed by atoms with van der Waals surface area (Å²) in [6, 6.07) is 0. The van der Waals surface area contributed by atoms with Gasteiger partial charge in [-0.05, 0) is 117 Å². The van der Waals surface area contributed by atoms with Crippen molar-refractivity contribution in [3.05, 3.63) is 0 Å². The summed E-state index contributed by atoms with van der Waals surface area (Å²) in [5, 5.41) is 45.0. The smallest absolute Gasteiger partial charge is 0.0865 e. The van der Waals surface area contributed by atoms with E-state index < -0.39 is 23.4 Å². The van der Waals surface area contributed by atoms with Gasteiger partial charge in [0.25, 0.3) is 0 Å². The van der Waals surface area contributed by atoms with Crippen LogP contribution in [-0.4, -0.2) is 56.0 Å². The molecule has 200 valence electrons. The molecule has 1 heterocycles. The van der Waals surface area contributed by atoms with Crippen LogP contribution in [0.15, 0.2) is 0 Å². The molecule has 6 aliphatic rings. The van der Waals surface area contributed by atoms with Crippen LogP contribution in [0.25, 0.3) is 0 Å². The number of hydrogen-bond donors (Lipinski definition) is 4. The van der Waals surface area contributed by atoms with Crippen LogP contribution in [0.5, 0.6) is 0 Å². The largest absolute Gasteiger partial charge is 0.393 e. The monoisotopic (exact) mass is 490 g/mol. The van der Waals surface area contributed by atoms with Crippen molar-refractivity contribution in [2.24, 2.45) is 44.8 Å². The van der Waals surface area contributed by atoms with Crippen molar-refractivity contribution in [1.29, 1.82) is 0 Å². The topological polar surface area (TPSA) is 90.2 Å². The van der Waals surface area contributed by atoms with Crippen LogP contribution in [0.3, 0.4) is 0 Å². The summed E-state index contributed by atoms with van der Waals surface area (Å²) < 4.78 is 6.66. The molecule has 12 atom stereocenters. The van der Waals surface area contributed by atoms with Crippen LogP contribution in [0.1, 0.15) is 106 Å². The lowest BCUT2D eigenvalue weighted by Gasteiger charge is -2.64. The third kappa shape index (κ3) is 2.78. The van der Waals surface area contributed by atoms with Gasteiger partial charge in [-0.1, -0.05) is 27.7 Å². The number of rotatable bonds is 2. The van der Waals surface area contributed by atoms with E-state index in [4.69, 9.17) is 4.74 Å². The van der Waals surface area contributed by atoms with Crippen LogP contribution < -0.4 is 0 Å². The Balaban J connectivity index is 1.37. The maximum absolute atomic E-state index is 11.7. The number of aliphatic hydroxyl groups excluding tert-OH is 3. The molecule has 5 saturated carbocycles. The van der Waals surface area contributed by atoms with E-state index in [-0.39, 0.29) is 51.1 Å². The zero-order valence-corrected chi connectivity index (χ0v) is 23.1. The first-order chi connectivity index (χ1) is 16.0. The second kappa shape index (κ2) is 6.86. The Morgan fingerprint density at radius 2 is 1.46 bits per heavy atom. The minimum absolute atomic E-state index is 0.0267. The van der Waals surface area contributed by atoms with Gasteiger partial charge in [0.05, 0.1) is 35.6 Å². The molecule has 0 aromatic heterocycles. The molecule has 6 rings (SSSR count). The molecule has 5 nitrogen and oxygen atoms in total. The molecule has 1 aliphatic heterocycles. The van der Waals surface area contributed by atoms with Crippen molar-refractivity contribution in [1.82, 2.24) is 0 Å². The molecule has 5 heteroatoms. The molecule has 0 radical (unpaired) electrons. The molecule has 2 spiro atoms. The van der Waals surface area contributed by atoms with Gasteiger partial charge < -0.3 is 25.2 Å². The van der Waals surface area contributed by atoms with Gasteiger partial charge in [-0.3, -0.25) is 0 Å². The molecule has 0 aromatic carbocycles. The van der Waals surface area contributed by atoms with Gasteiger partial charge >= 0.3 is 0 Å².